The Hall–Kier alpha value is -2.72. The Kier molecular flexibility index (Phi) is 5.14. The topological polar surface area (TPSA) is 113 Å². The Morgan fingerprint density at radius 2 is 1.89 bits per heavy atom. The Morgan fingerprint density at radius 3 is 2.64 bits per heavy atom. The fourth-order valence-electron chi connectivity index (χ4n) is 3.24. The van der Waals surface area contributed by atoms with Gasteiger partial charge in [-0.1, -0.05) is 18.2 Å². The lowest BCUT2D eigenvalue weighted by Gasteiger charge is -2.26. The first-order valence-electron chi connectivity index (χ1n) is 9.22. The van der Waals surface area contributed by atoms with E-state index in [2.05, 4.69) is 25.3 Å². The van der Waals surface area contributed by atoms with Crippen molar-refractivity contribution in [2.75, 3.05) is 43.0 Å². The van der Waals surface area contributed by atoms with Crippen molar-refractivity contribution in [2.45, 2.75) is 6.42 Å². The van der Waals surface area contributed by atoms with E-state index in [4.69, 9.17) is 0 Å². The molecule has 0 unspecified atom stereocenters. The van der Waals surface area contributed by atoms with Gasteiger partial charge in [-0.2, -0.15) is 10.1 Å². The molecule has 148 valence electrons. The second kappa shape index (κ2) is 7.72. The molecule has 3 aromatic rings. The summed E-state index contributed by atoms with van der Waals surface area (Å²) in [6, 6.07) is 9.53. The average Bonchev–Trinajstić information content (AvgIpc) is 3.11. The zero-order chi connectivity index (χ0) is 19.6. The van der Waals surface area contributed by atoms with E-state index in [-0.39, 0.29) is 17.1 Å². The highest BCUT2D eigenvalue weighted by atomic mass is 32.2. The number of para-hydroxylation sites is 1. The predicted octanol–water partition coefficient (Wildman–Crippen LogP) is 0.641. The van der Waals surface area contributed by atoms with Gasteiger partial charge in [0.05, 0.1) is 23.4 Å². The summed E-state index contributed by atoms with van der Waals surface area (Å²) in [5.41, 5.74) is 1.09. The smallest absolute Gasteiger partial charge is 0.263 e. The number of benzene rings is 1. The van der Waals surface area contributed by atoms with Crippen molar-refractivity contribution in [3.05, 3.63) is 46.9 Å². The van der Waals surface area contributed by atoms with Crippen LogP contribution in [0.25, 0.3) is 16.7 Å². The quantitative estimate of drug-likeness (QED) is 0.582. The second-order valence-corrected chi connectivity index (χ2v) is 9.12. The summed E-state index contributed by atoms with van der Waals surface area (Å²) in [5.74, 6) is 0.863. The second-order valence-electron chi connectivity index (χ2n) is 6.82. The van der Waals surface area contributed by atoms with Crippen LogP contribution in [0.2, 0.25) is 0 Å². The van der Waals surface area contributed by atoms with Gasteiger partial charge in [0.15, 0.2) is 15.5 Å². The summed E-state index contributed by atoms with van der Waals surface area (Å²) in [6.07, 6.45) is 2.34. The van der Waals surface area contributed by atoms with Gasteiger partial charge in [-0.3, -0.25) is 9.78 Å². The van der Waals surface area contributed by atoms with Crippen LogP contribution >= 0.6 is 0 Å². The molecule has 1 fully saturated rings. The molecular formula is C18H22N6O3S. The highest BCUT2D eigenvalue weighted by Gasteiger charge is 2.20. The van der Waals surface area contributed by atoms with E-state index in [1.54, 1.807) is 4.68 Å². The molecule has 9 nitrogen and oxygen atoms in total. The van der Waals surface area contributed by atoms with Gasteiger partial charge in [-0.15, -0.1) is 0 Å². The van der Waals surface area contributed by atoms with Crippen molar-refractivity contribution in [1.29, 1.82) is 0 Å². The highest BCUT2D eigenvalue weighted by molar-refractivity contribution is 7.91. The summed E-state index contributed by atoms with van der Waals surface area (Å²) >= 11 is 0. The van der Waals surface area contributed by atoms with Crippen molar-refractivity contribution in [3.8, 4) is 5.69 Å². The average molecular weight is 402 g/mol. The molecule has 1 aliphatic heterocycles. The van der Waals surface area contributed by atoms with Gasteiger partial charge >= 0.3 is 0 Å². The summed E-state index contributed by atoms with van der Waals surface area (Å²) in [6.45, 7) is 2.59. The lowest BCUT2D eigenvalue weighted by Crippen LogP contribution is -2.41. The van der Waals surface area contributed by atoms with E-state index in [9.17, 15) is 13.2 Å². The standard InChI is InChI=1S/C18H22N6O3S/c25-17-15-13-20-24(14-5-2-1-3-6-14)16(15)21-18(22-17)19-7-4-8-23-9-11-28(26,27)12-10-23/h1-3,5-6,13H,4,7-12H2,(H2,19,21,22,25). The number of hydrogen-bond acceptors (Lipinski definition) is 7. The third-order valence-corrected chi connectivity index (χ3v) is 6.43. The first-order chi connectivity index (χ1) is 13.5. The molecule has 4 rings (SSSR count). The minimum absolute atomic E-state index is 0.232. The minimum atomic E-state index is -2.85. The molecule has 0 aliphatic carbocycles. The number of nitrogens with zero attached hydrogens (tertiary/aromatic N) is 4. The van der Waals surface area contributed by atoms with Gasteiger partial charge < -0.3 is 10.2 Å². The van der Waals surface area contributed by atoms with Crippen LogP contribution in [-0.4, -0.2) is 70.8 Å². The van der Waals surface area contributed by atoms with E-state index >= 15 is 0 Å². The van der Waals surface area contributed by atoms with Crippen LogP contribution in [0.5, 0.6) is 0 Å². The monoisotopic (exact) mass is 402 g/mol. The van der Waals surface area contributed by atoms with Crippen molar-refractivity contribution < 1.29 is 8.42 Å². The maximum Gasteiger partial charge on any atom is 0.263 e. The van der Waals surface area contributed by atoms with E-state index in [1.807, 2.05) is 30.3 Å². The number of sulfone groups is 1. The van der Waals surface area contributed by atoms with Crippen molar-refractivity contribution in [2.24, 2.45) is 0 Å². The maximum atomic E-state index is 12.3. The number of rotatable bonds is 6. The number of anilines is 1. The predicted molar refractivity (Wildman–Crippen MR) is 108 cm³/mol. The molecule has 28 heavy (non-hydrogen) atoms. The van der Waals surface area contributed by atoms with E-state index < -0.39 is 9.84 Å². The van der Waals surface area contributed by atoms with Crippen LogP contribution in [-0.2, 0) is 9.84 Å². The summed E-state index contributed by atoms with van der Waals surface area (Å²) in [5, 5.41) is 7.87. The van der Waals surface area contributed by atoms with E-state index in [1.165, 1.54) is 6.20 Å². The third-order valence-electron chi connectivity index (χ3n) is 4.82. The molecule has 3 heterocycles. The minimum Gasteiger partial charge on any atom is -0.356 e. The Labute approximate surface area is 162 Å². The lowest BCUT2D eigenvalue weighted by molar-refractivity contribution is 0.294. The SMILES string of the molecule is O=c1[nH]c(NCCCN2CCS(=O)(=O)CC2)nc2c1cnn2-c1ccccc1. The Morgan fingerprint density at radius 1 is 1.14 bits per heavy atom. The van der Waals surface area contributed by atoms with Crippen LogP contribution in [0, 0.1) is 0 Å². The van der Waals surface area contributed by atoms with Crippen molar-refractivity contribution >= 4 is 26.8 Å². The number of aromatic amines is 1. The number of fused-ring (bicyclic) bond motifs is 1. The zero-order valence-electron chi connectivity index (χ0n) is 15.3. The molecule has 1 saturated heterocycles. The van der Waals surface area contributed by atoms with Crippen LogP contribution in [0.15, 0.2) is 41.3 Å². The molecule has 2 aromatic heterocycles. The van der Waals surface area contributed by atoms with Gasteiger partial charge in [0.2, 0.25) is 5.95 Å². The fraction of sp³-hybridized carbons (Fsp3) is 0.389. The normalized spacial score (nSPS) is 17.0. The lowest BCUT2D eigenvalue weighted by atomic mass is 10.3. The van der Waals surface area contributed by atoms with Gasteiger partial charge in [0.25, 0.3) is 5.56 Å². The summed E-state index contributed by atoms with van der Waals surface area (Å²) < 4.78 is 24.6. The largest absolute Gasteiger partial charge is 0.356 e. The van der Waals surface area contributed by atoms with Crippen molar-refractivity contribution in [1.82, 2.24) is 24.6 Å². The van der Waals surface area contributed by atoms with Gasteiger partial charge in [0.1, 0.15) is 5.39 Å². The molecule has 0 bridgehead atoms. The fourth-order valence-corrected chi connectivity index (χ4v) is 4.52. The number of hydrogen-bond donors (Lipinski definition) is 2. The molecule has 10 heteroatoms. The van der Waals surface area contributed by atoms with E-state index in [0.717, 1.165) is 18.7 Å². The number of H-pyrrole nitrogens is 1. The molecule has 1 aromatic carbocycles. The molecule has 1 aliphatic rings. The maximum absolute atomic E-state index is 12.3. The van der Waals surface area contributed by atoms with Crippen LogP contribution in [0.1, 0.15) is 6.42 Å². The third kappa shape index (κ3) is 4.07. The molecule has 2 N–H and O–H groups in total. The van der Waals surface area contributed by atoms with E-state index in [0.29, 0.717) is 36.6 Å². The number of aromatic nitrogens is 4. The Balaban J connectivity index is 1.41. The van der Waals surface area contributed by atoms with Crippen LogP contribution in [0.3, 0.4) is 0 Å². The summed E-state index contributed by atoms with van der Waals surface area (Å²) in [4.78, 5) is 21.7. The first-order valence-corrected chi connectivity index (χ1v) is 11.0. The van der Waals surface area contributed by atoms with Crippen LogP contribution < -0.4 is 10.9 Å². The molecule has 0 spiro atoms. The molecule has 0 atom stereocenters. The van der Waals surface area contributed by atoms with Gasteiger partial charge in [-0.25, -0.2) is 13.1 Å². The van der Waals surface area contributed by atoms with Gasteiger partial charge in [-0.05, 0) is 25.1 Å². The number of nitrogens with one attached hydrogen (secondary N) is 2. The molecule has 0 amide bonds. The molecular weight excluding hydrogens is 380 g/mol. The first kappa shape index (κ1) is 18.6. The highest BCUT2D eigenvalue weighted by Crippen LogP contribution is 2.14. The molecule has 0 radical (unpaired) electrons. The van der Waals surface area contributed by atoms with Crippen molar-refractivity contribution in [3.63, 3.8) is 0 Å². The van der Waals surface area contributed by atoms with Gasteiger partial charge in [0, 0.05) is 19.6 Å². The summed E-state index contributed by atoms with van der Waals surface area (Å²) in [7, 11) is -2.85. The zero-order valence-corrected chi connectivity index (χ0v) is 16.2. The van der Waals surface area contributed by atoms with Crippen LogP contribution in [0.4, 0.5) is 5.95 Å². The Bertz CT molecular complexity index is 1110. The molecule has 0 saturated carbocycles.